The van der Waals surface area contributed by atoms with E-state index in [1.165, 1.54) is 5.56 Å². The number of benzene rings is 2. The van der Waals surface area contributed by atoms with Crippen molar-refractivity contribution in [2.24, 2.45) is 0 Å². The normalized spacial score (nSPS) is 26.3. The molecule has 1 heterocycles. The monoisotopic (exact) mass is 266 g/mol. The van der Waals surface area contributed by atoms with Gasteiger partial charge in [-0.25, -0.2) is 4.79 Å². The Hall–Kier alpha value is -2.13. The average molecular weight is 266 g/mol. The van der Waals surface area contributed by atoms with Crippen molar-refractivity contribution in [3.05, 3.63) is 71.3 Å². The summed E-state index contributed by atoms with van der Waals surface area (Å²) in [6, 6.07) is 17.1. The maximum atomic E-state index is 12.3. The fourth-order valence-corrected chi connectivity index (χ4v) is 2.94. The van der Waals surface area contributed by atoms with Crippen molar-refractivity contribution in [1.29, 1.82) is 0 Å². The van der Waals surface area contributed by atoms with Crippen LogP contribution in [0.25, 0.3) is 0 Å². The van der Waals surface area contributed by atoms with Gasteiger partial charge in [-0.15, -0.1) is 0 Å². The highest BCUT2D eigenvalue weighted by Gasteiger charge is 2.64. The molecule has 1 saturated heterocycles. The van der Waals surface area contributed by atoms with Gasteiger partial charge in [-0.2, -0.15) is 0 Å². The number of epoxide rings is 1. The number of hydrogen-bond acceptors (Lipinski definition) is 3. The van der Waals surface area contributed by atoms with Crippen LogP contribution in [-0.4, -0.2) is 12.1 Å². The van der Waals surface area contributed by atoms with Crippen LogP contribution in [-0.2, 0) is 21.7 Å². The minimum atomic E-state index is -0.845. The molecule has 20 heavy (non-hydrogen) atoms. The SMILES string of the molecule is O=C(O[C@]12O[C@H]1CCc1ccccc12)c1ccccc1. The maximum Gasteiger partial charge on any atom is 0.340 e. The number of aryl methyl sites for hydroxylation is 1. The van der Waals surface area contributed by atoms with E-state index < -0.39 is 5.79 Å². The smallest absolute Gasteiger partial charge is 0.340 e. The van der Waals surface area contributed by atoms with Crippen molar-refractivity contribution in [3.8, 4) is 0 Å². The van der Waals surface area contributed by atoms with Crippen molar-refractivity contribution in [3.63, 3.8) is 0 Å². The van der Waals surface area contributed by atoms with E-state index in [-0.39, 0.29) is 12.1 Å². The van der Waals surface area contributed by atoms with Gasteiger partial charge in [0.2, 0.25) is 0 Å². The molecule has 100 valence electrons. The molecule has 3 nitrogen and oxygen atoms in total. The number of fused-ring (bicyclic) bond motifs is 3. The van der Waals surface area contributed by atoms with Gasteiger partial charge in [0.1, 0.15) is 6.10 Å². The van der Waals surface area contributed by atoms with Gasteiger partial charge in [0, 0.05) is 5.56 Å². The zero-order valence-corrected chi connectivity index (χ0v) is 10.9. The topological polar surface area (TPSA) is 38.8 Å². The molecule has 0 bridgehead atoms. The number of hydrogen-bond donors (Lipinski definition) is 0. The van der Waals surface area contributed by atoms with Gasteiger partial charge in [-0.05, 0) is 30.5 Å². The van der Waals surface area contributed by atoms with E-state index in [4.69, 9.17) is 9.47 Å². The van der Waals surface area contributed by atoms with E-state index in [0.29, 0.717) is 5.56 Å². The van der Waals surface area contributed by atoms with Crippen LogP contribution in [0.3, 0.4) is 0 Å². The molecule has 2 aromatic carbocycles. The zero-order chi connectivity index (χ0) is 13.6. The Kier molecular flexibility index (Phi) is 2.44. The van der Waals surface area contributed by atoms with Crippen LogP contribution < -0.4 is 0 Å². The van der Waals surface area contributed by atoms with Gasteiger partial charge in [0.15, 0.2) is 0 Å². The molecule has 0 aromatic heterocycles. The van der Waals surface area contributed by atoms with Crippen LogP contribution >= 0.6 is 0 Å². The lowest BCUT2D eigenvalue weighted by atomic mass is 9.89. The number of rotatable bonds is 2. The lowest BCUT2D eigenvalue weighted by molar-refractivity contribution is -0.0220. The van der Waals surface area contributed by atoms with Gasteiger partial charge < -0.3 is 9.47 Å². The van der Waals surface area contributed by atoms with Gasteiger partial charge in [-0.1, -0.05) is 42.5 Å². The summed E-state index contributed by atoms with van der Waals surface area (Å²) in [6.07, 6.45) is 1.88. The second kappa shape index (κ2) is 4.18. The molecular weight excluding hydrogens is 252 g/mol. The number of carbonyl (C=O) groups excluding carboxylic acids is 1. The van der Waals surface area contributed by atoms with Crippen LogP contribution in [0.2, 0.25) is 0 Å². The summed E-state index contributed by atoms with van der Waals surface area (Å²) in [5.74, 6) is -1.17. The fourth-order valence-electron chi connectivity index (χ4n) is 2.94. The van der Waals surface area contributed by atoms with E-state index in [2.05, 4.69) is 6.07 Å². The summed E-state index contributed by atoms with van der Waals surface area (Å²) >= 11 is 0. The van der Waals surface area contributed by atoms with E-state index in [1.807, 2.05) is 36.4 Å². The molecule has 0 amide bonds. The molecule has 1 fully saturated rings. The van der Waals surface area contributed by atoms with E-state index in [9.17, 15) is 4.79 Å². The molecule has 1 aliphatic carbocycles. The summed E-state index contributed by atoms with van der Waals surface area (Å²) in [4.78, 5) is 12.3. The molecule has 2 aromatic rings. The Morgan fingerprint density at radius 3 is 2.70 bits per heavy atom. The van der Waals surface area contributed by atoms with Crippen LogP contribution in [0.5, 0.6) is 0 Å². The number of esters is 1. The Balaban J connectivity index is 1.66. The van der Waals surface area contributed by atoms with Crippen molar-refractivity contribution in [1.82, 2.24) is 0 Å². The number of ether oxygens (including phenoxy) is 2. The standard InChI is InChI=1S/C17H14O3/c18-16(13-7-2-1-3-8-13)20-17-14-9-5-4-6-12(14)10-11-15(17)19-17/h1-9,15H,10-11H2/t15-,17-/m0/s1. The summed E-state index contributed by atoms with van der Waals surface area (Å²) < 4.78 is 11.4. The number of carbonyl (C=O) groups is 1. The third kappa shape index (κ3) is 1.67. The maximum absolute atomic E-state index is 12.3. The first kappa shape index (κ1) is 11.7. The summed E-state index contributed by atoms with van der Waals surface area (Å²) in [6.45, 7) is 0. The predicted octanol–water partition coefficient (Wildman–Crippen LogP) is 3.04. The lowest BCUT2D eigenvalue weighted by Gasteiger charge is -2.21. The second-order valence-corrected chi connectivity index (χ2v) is 5.23. The minimum Gasteiger partial charge on any atom is -0.422 e. The van der Waals surface area contributed by atoms with Crippen molar-refractivity contribution in [2.45, 2.75) is 24.7 Å². The summed E-state index contributed by atoms with van der Waals surface area (Å²) in [5, 5.41) is 0. The van der Waals surface area contributed by atoms with Crippen molar-refractivity contribution < 1.29 is 14.3 Å². The first-order chi connectivity index (χ1) is 9.79. The second-order valence-electron chi connectivity index (χ2n) is 5.23. The molecule has 0 spiro atoms. The molecule has 4 rings (SSSR count). The fraction of sp³-hybridized carbons (Fsp3) is 0.235. The van der Waals surface area contributed by atoms with Gasteiger partial charge in [0.25, 0.3) is 5.79 Å². The molecule has 0 unspecified atom stereocenters. The van der Waals surface area contributed by atoms with Gasteiger partial charge >= 0.3 is 5.97 Å². The summed E-state index contributed by atoms with van der Waals surface area (Å²) in [7, 11) is 0. The first-order valence-electron chi connectivity index (χ1n) is 6.84. The molecule has 1 aliphatic heterocycles. The highest BCUT2D eigenvalue weighted by atomic mass is 16.8. The first-order valence-corrected chi connectivity index (χ1v) is 6.84. The Labute approximate surface area is 117 Å². The Morgan fingerprint density at radius 2 is 1.85 bits per heavy atom. The highest BCUT2D eigenvalue weighted by Crippen LogP contribution is 2.54. The Bertz CT molecular complexity index is 665. The third-order valence-corrected chi connectivity index (χ3v) is 4.01. The average Bonchev–Trinajstić information content (AvgIpc) is 3.23. The molecule has 0 N–H and O–H groups in total. The Morgan fingerprint density at radius 1 is 1.10 bits per heavy atom. The van der Waals surface area contributed by atoms with Crippen molar-refractivity contribution >= 4 is 5.97 Å². The highest BCUT2D eigenvalue weighted by molar-refractivity contribution is 5.89. The van der Waals surface area contributed by atoms with E-state index in [1.54, 1.807) is 12.1 Å². The van der Waals surface area contributed by atoms with Crippen LogP contribution in [0.1, 0.15) is 27.9 Å². The van der Waals surface area contributed by atoms with E-state index >= 15 is 0 Å². The summed E-state index contributed by atoms with van der Waals surface area (Å²) in [5.41, 5.74) is 2.77. The predicted molar refractivity (Wildman–Crippen MR) is 73.2 cm³/mol. The van der Waals surface area contributed by atoms with Crippen LogP contribution in [0, 0.1) is 0 Å². The van der Waals surface area contributed by atoms with Gasteiger partial charge in [-0.3, -0.25) is 0 Å². The van der Waals surface area contributed by atoms with Crippen molar-refractivity contribution in [2.75, 3.05) is 0 Å². The molecule has 0 saturated carbocycles. The molecule has 2 aliphatic rings. The van der Waals surface area contributed by atoms with Crippen LogP contribution in [0.4, 0.5) is 0 Å². The molecule has 2 atom stereocenters. The quantitative estimate of drug-likeness (QED) is 0.619. The third-order valence-electron chi connectivity index (χ3n) is 4.01. The zero-order valence-electron chi connectivity index (χ0n) is 10.9. The molecule has 3 heteroatoms. The molecule has 0 radical (unpaired) electrons. The van der Waals surface area contributed by atoms with Gasteiger partial charge in [0.05, 0.1) is 5.56 Å². The molecular formula is C17H14O3. The van der Waals surface area contributed by atoms with E-state index in [0.717, 1.165) is 18.4 Å². The minimum absolute atomic E-state index is 0.00469. The largest absolute Gasteiger partial charge is 0.422 e. The van der Waals surface area contributed by atoms with Crippen LogP contribution in [0.15, 0.2) is 54.6 Å². The lowest BCUT2D eigenvalue weighted by Crippen LogP contribution is -2.26.